The number of nitrogens with one attached hydrogen (secondary N) is 3. The molecule has 4 unspecified atom stereocenters. The molecule has 9 heterocycles. The third kappa shape index (κ3) is 24.8. The van der Waals surface area contributed by atoms with E-state index in [1.54, 1.807) is 72.3 Å². The summed E-state index contributed by atoms with van der Waals surface area (Å²) < 4.78 is 134. The highest BCUT2D eigenvalue weighted by molar-refractivity contribution is 9.10. The number of aliphatic carboxylic acids is 3. The van der Waals surface area contributed by atoms with Crippen molar-refractivity contribution in [2.75, 3.05) is 139 Å². The summed E-state index contributed by atoms with van der Waals surface area (Å²) >= 11 is 20.1. The van der Waals surface area contributed by atoms with Crippen LogP contribution in [0.4, 0.5) is 35.1 Å². The van der Waals surface area contributed by atoms with Gasteiger partial charge in [0.25, 0.3) is 11.8 Å². The number of thiazole rings is 3. The highest BCUT2D eigenvalue weighted by atomic mass is 79.9. The van der Waals surface area contributed by atoms with Gasteiger partial charge in [-0.1, -0.05) is 57.3 Å². The molecule has 0 saturated carbocycles. The largest absolute Gasteiger partial charge is 0.480 e. The number of esters is 3. The Hall–Kier alpha value is -8.74. The average Bonchev–Trinajstić information content (AvgIpc) is 0.907. The van der Waals surface area contributed by atoms with E-state index in [1.165, 1.54) is 111 Å². The zero-order chi connectivity index (χ0) is 86.2. The van der Waals surface area contributed by atoms with E-state index < -0.39 is 114 Å². The van der Waals surface area contributed by atoms with Gasteiger partial charge in [0, 0.05) is 141 Å². The molecule has 6 aromatic rings. The van der Waals surface area contributed by atoms with Gasteiger partial charge in [0.1, 0.15) is 41.7 Å². The van der Waals surface area contributed by atoms with Crippen LogP contribution in [-0.2, 0) is 43.0 Å². The third-order valence-electron chi connectivity index (χ3n) is 19.9. The number of halogens is 11. The number of hydrogen-bond donors (Lipinski definition) is 6. The maximum absolute atomic E-state index is 15.3. The molecule has 41 heteroatoms. The molecule has 0 bridgehead atoms. The molecular formula is C78H88BrCl2F8N15O12S3. The second-order valence-electron chi connectivity index (χ2n) is 28.8. The maximum atomic E-state index is 15.3. The van der Waals surface area contributed by atoms with Gasteiger partial charge in [-0.05, 0) is 123 Å². The van der Waals surface area contributed by atoms with Gasteiger partial charge in [-0.2, -0.15) is 0 Å². The molecule has 0 aliphatic carbocycles. The first-order valence-corrected chi connectivity index (χ1v) is 41.9. The van der Waals surface area contributed by atoms with Gasteiger partial charge in [0.05, 0.1) is 69.3 Å². The summed E-state index contributed by atoms with van der Waals surface area (Å²) in [6.07, 6.45) is 4.42. The second kappa shape index (κ2) is 42.2. The normalized spacial score (nSPS) is 21.5. The lowest BCUT2D eigenvalue weighted by molar-refractivity contribution is -0.141. The van der Waals surface area contributed by atoms with E-state index in [4.69, 9.17) is 62.7 Å². The lowest BCUT2D eigenvalue weighted by Gasteiger charge is -2.40. The molecule has 0 amide bonds. The van der Waals surface area contributed by atoms with Gasteiger partial charge in [-0.15, -0.1) is 34.0 Å². The Morgan fingerprint density at radius 1 is 0.521 bits per heavy atom. The Kier molecular flexibility index (Phi) is 32.8. The molecule has 3 aromatic carbocycles. The Labute approximate surface area is 710 Å². The summed E-state index contributed by atoms with van der Waals surface area (Å²) in [5.74, 6) is -14.1. The van der Waals surface area contributed by atoms with Crippen molar-refractivity contribution in [3.8, 4) is 0 Å². The molecule has 7 atom stereocenters. The van der Waals surface area contributed by atoms with Crippen LogP contribution in [0.3, 0.4) is 0 Å². The maximum Gasteiger partial charge on any atom is 0.338 e. The third-order valence-corrected chi connectivity index (χ3v) is 23.6. The molecule has 3 fully saturated rings. The predicted octanol–water partition coefficient (Wildman–Crippen LogP) is 11.3. The predicted molar refractivity (Wildman–Crippen MR) is 435 cm³/mol. The number of nitrogens with zero attached hydrogens (tertiary/aromatic N) is 12. The lowest BCUT2D eigenvalue weighted by atomic mass is 9.91. The number of rotatable bonds is 30. The number of alkyl halides is 5. The number of likely N-dealkylation sites (tertiary alicyclic amines) is 3. The number of likely N-dealkylation sites (N-methyl/N-ethyl adjacent to an activating group) is 3. The van der Waals surface area contributed by atoms with E-state index in [0.717, 1.165) is 6.07 Å². The summed E-state index contributed by atoms with van der Waals surface area (Å²) in [6, 6.07) is 8.91. The number of carbonyl (C=O) groups excluding carboxylic acids is 3. The van der Waals surface area contributed by atoms with Gasteiger partial charge < -0.3 is 45.5 Å². The zero-order valence-electron chi connectivity index (χ0n) is 65.3. The lowest BCUT2D eigenvalue weighted by Crippen LogP contribution is -2.53. The summed E-state index contributed by atoms with van der Waals surface area (Å²) in [6.45, 7) is 4.88. The van der Waals surface area contributed by atoms with Crippen LogP contribution in [0.15, 0.2) is 143 Å². The van der Waals surface area contributed by atoms with Gasteiger partial charge in [-0.25, -0.2) is 64.5 Å². The SMILES string of the molecule is CCOC(=O)C1=C(CN2CCC(CN(C)CC(=O)O)C(F)(F)C2)NC(c2nccs2)=N[C@H]1c1ccc(F)cc1Br.CCOC(=O)C1=C(CN2CCC(CN(C)CC(=O)O)C(F)(F)C2)NC(c2nccs2)=N[C@H]1c1ccc(F)cc1Cl.CCOC(=O)C1=C(CN2CCC(CN(C)CC(=O)O)C(F)C2)NC(c2nccs2)=N[C@H]1c1ccc(F)cc1Cl. The number of carboxylic acids is 3. The van der Waals surface area contributed by atoms with Crippen LogP contribution in [0, 0.1) is 35.2 Å². The van der Waals surface area contributed by atoms with Crippen LogP contribution in [-0.4, -0.2) is 270 Å². The van der Waals surface area contributed by atoms with Crippen LogP contribution in [0.1, 0.15) is 89.9 Å². The van der Waals surface area contributed by atoms with Crippen molar-refractivity contribution in [2.24, 2.45) is 32.7 Å². The number of aromatic nitrogens is 3. The second-order valence-corrected chi connectivity index (χ2v) is 33.2. The van der Waals surface area contributed by atoms with Crippen LogP contribution >= 0.6 is 73.1 Å². The number of aliphatic imine (C=N–C) groups is 3. The first-order valence-electron chi connectivity index (χ1n) is 37.7. The van der Waals surface area contributed by atoms with Gasteiger partial charge in [0.15, 0.2) is 32.5 Å². The molecule has 12 rings (SSSR count). The highest BCUT2D eigenvalue weighted by Crippen LogP contribution is 2.43. The Bertz CT molecular complexity index is 4610. The number of amidine groups is 3. The molecular weight excluding hydrogens is 1740 g/mol. The molecule has 0 radical (unpaired) electrons. The van der Waals surface area contributed by atoms with Crippen LogP contribution < -0.4 is 16.0 Å². The minimum absolute atomic E-state index is 0.0267. The molecule has 6 aliphatic heterocycles. The smallest absolute Gasteiger partial charge is 0.338 e. The summed E-state index contributed by atoms with van der Waals surface area (Å²) in [5, 5.41) is 43.5. The minimum atomic E-state index is -3.10. The summed E-state index contributed by atoms with van der Waals surface area (Å²) in [5.41, 5.74) is 2.85. The van der Waals surface area contributed by atoms with Crippen molar-refractivity contribution in [1.29, 1.82) is 0 Å². The summed E-state index contributed by atoms with van der Waals surface area (Å²) in [7, 11) is 4.67. The fraction of sp³-hybridized carbons (Fsp3) is 0.462. The first kappa shape index (κ1) is 92.5. The summed E-state index contributed by atoms with van der Waals surface area (Å²) in [4.78, 5) is 109. The van der Waals surface area contributed by atoms with Gasteiger partial charge in [-0.3, -0.25) is 58.8 Å². The monoisotopic (exact) mass is 1820 g/mol. The number of hydrogen-bond acceptors (Lipinski definition) is 27. The molecule has 27 nitrogen and oxygen atoms in total. The standard InChI is InChI=1S/C26H29BrF3N5O4S.C26H29ClF3N5O4S.C26H30ClF2N5O4S/c2*1-3-39-25(38)21-19(12-35-8-6-15(26(29,30)14-35)11-34(2)13-20(36)37)32-23(24-31-7-9-40-24)33-22(21)17-5-4-16(28)10-18(17)27;1-3-38-26(37)22-20(13-34-8-6-15(19(29)12-34)11-33(2)14-21(35)36)31-24(25-30-7-9-39-25)32-23(22)17-5-4-16(28)10-18(17)27/h2*4-5,7,9-10,15,22H,3,6,8,11-14H2,1-2H3,(H,32,33)(H,36,37);4-5,7,9-10,15,19,23H,3,6,8,11-14H2,1-2H3,(H,31,32)(H,35,36)/t2*15?,22-;15?,19?,23-/m000/s1. The van der Waals surface area contributed by atoms with E-state index in [-0.39, 0.29) is 131 Å². The molecule has 3 saturated heterocycles. The number of ether oxygens (including phenoxy) is 3. The zero-order valence-corrected chi connectivity index (χ0v) is 70.9. The molecule has 6 N–H and O–H groups in total. The van der Waals surface area contributed by atoms with Crippen molar-refractivity contribution in [2.45, 2.75) is 76.2 Å². The molecule has 3 aromatic heterocycles. The fourth-order valence-corrected chi connectivity index (χ4v) is 17.5. The minimum Gasteiger partial charge on any atom is -0.480 e. The van der Waals surface area contributed by atoms with E-state index in [9.17, 15) is 41.9 Å². The van der Waals surface area contributed by atoms with Crippen molar-refractivity contribution in [3.05, 3.63) is 187 Å². The van der Waals surface area contributed by atoms with E-state index in [0.29, 0.717) is 96.8 Å². The van der Waals surface area contributed by atoms with Crippen molar-refractivity contribution >= 4 is 126 Å². The van der Waals surface area contributed by atoms with E-state index in [1.807, 2.05) is 4.90 Å². The quantitative estimate of drug-likeness (QED) is 0.0139. The topological polar surface area (TPSA) is 322 Å². The average molecular weight is 1830 g/mol. The van der Waals surface area contributed by atoms with Gasteiger partial charge in [0.2, 0.25) is 0 Å². The van der Waals surface area contributed by atoms with E-state index >= 15 is 22.0 Å². The van der Waals surface area contributed by atoms with Crippen LogP contribution in [0.25, 0.3) is 0 Å². The van der Waals surface area contributed by atoms with E-state index in [2.05, 4.69) is 51.8 Å². The van der Waals surface area contributed by atoms with Crippen molar-refractivity contribution in [3.63, 3.8) is 0 Å². The van der Waals surface area contributed by atoms with Crippen LogP contribution in [0.5, 0.6) is 0 Å². The Morgan fingerprint density at radius 2 is 0.857 bits per heavy atom. The molecule has 642 valence electrons. The van der Waals surface area contributed by atoms with Crippen LogP contribution in [0.2, 0.25) is 10.0 Å². The van der Waals surface area contributed by atoms with Crippen molar-refractivity contribution < 1.29 is 93.4 Å². The molecule has 6 aliphatic rings. The molecule has 119 heavy (non-hydrogen) atoms. The molecule has 0 spiro atoms. The Morgan fingerprint density at radius 3 is 1.18 bits per heavy atom. The fourth-order valence-electron chi connectivity index (χ4n) is 14.6. The first-order chi connectivity index (χ1) is 56.6. The number of carboxylic acid groups (broad SMARTS) is 3. The number of piperidine rings is 3. The number of benzene rings is 3. The van der Waals surface area contributed by atoms with Crippen molar-refractivity contribution in [1.82, 2.24) is 60.3 Å². The Balaban J connectivity index is 0.000000188. The van der Waals surface area contributed by atoms with Gasteiger partial charge >= 0.3 is 35.8 Å². The highest BCUT2D eigenvalue weighted by Gasteiger charge is 2.48. The number of carbonyl (C=O) groups is 6.